The number of ether oxygens (including phenoxy) is 3. The number of amides is 1. The number of nitrogens with two attached hydrogens (primary N) is 1. The Morgan fingerprint density at radius 3 is 2.50 bits per heavy atom. The SMILES string of the molecule is COc1ccc(CNc2ccccc2OCCC(N)=O)cc1OC. The van der Waals surface area contributed by atoms with Gasteiger partial charge in [-0.3, -0.25) is 4.79 Å². The van der Waals surface area contributed by atoms with Crippen LogP contribution in [0.1, 0.15) is 12.0 Å². The second-order valence-electron chi connectivity index (χ2n) is 5.10. The van der Waals surface area contributed by atoms with Crippen LogP contribution >= 0.6 is 0 Å². The molecule has 0 atom stereocenters. The van der Waals surface area contributed by atoms with E-state index in [1.165, 1.54) is 0 Å². The van der Waals surface area contributed by atoms with E-state index in [4.69, 9.17) is 19.9 Å². The van der Waals surface area contributed by atoms with Crippen LogP contribution in [0.25, 0.3) is 0 Å². The average Bonchev–Trinajstić information content (AvgIpc) is 2.60. The summed E-state index contributed by atoms with van der Waals surface area (Å²) < 4.78 is 16.2. The average molecular weight is 330 g/mol. The number of para-hydroxylation sites is 2. The number of hydrogen-bond acceptors (Lipinski definition) is 5. The second-order valence-corrected chi connectivity index (χ2v) is 5.10. The Hall–Kier alpha value is -2.89. The van der Waals surface area contributed by atoms with E-state index in [9.17, 15) is 4.79 Å². The van der Waals surface area contributed by atoms with Crippen molar-refractivity contribution >= 4 is 11.6 Å². The molecule has 0 saturated heterocycles. The minimum atomic E-state index is -0.384. The van der Waals surface area contributed by atoms with Crippen LogP contribution in [0.5, 0.6) is 17.2 Å². The van der Waals surface area contributed by atoms with Crippen molar-refractivity contribution < 1.29 is 19.0 Å². The molecule has 2 rings (SSSR count). The van der Waals surface area contributed by atoms with Gasteiger partial charge in [-0.05, 0) is 29.8 Å². The van der Waals surface area contributed by atoms with E-state index in [0.717, 1.165) is 11.3 Å². The molecule has 0 aliphatic rings. The highest BCUT2D eigenvalue weighted by Gasteiger charge is 2.07. The maximum absolute atomic E-state index is 10.8. The number of carbonyl (C=O) groups is 1. The van der Waals surface area contributed by atoms with E-state index < -0.39 is 0 Å². The van der Waals surface area contributed by atoms with E-state index in [0.29, 0.717) is 23.8 Å². The maximum Gasteiger partial charge on any atom is 0.220 e. The highest BCUT2D eigenvalue weighted by molar-refractivity contribution is 5.73. The van der Waals surface area contributed by atoms with Gasteiger partial charge in [-0.2, -0.15) is 0 Å². The summed E-state index contributed by atoms with van der Waals surface area (Å²) in [4.78, 5) is 10.8. The Morgan fingerprint density at radius 2 is 1.79 bits per heavy atom. The lowest BCUT2D eigenvalue weighted by molar-refractivity contribution is -0.118. The van der Waals surface area contributed by atoms with Crippen molar-refractivity contribution in [3.05, 3.63) is 48.0 Å². The fourth-order valence-electron chi connectivity index (χ4n) is 2.19. The summed E-state index contributed by atoms with van der Waals surface area (Å²) in [6.45, 7) is 0.848. The van der Waals surface area contributed by atoms with Gasteiger partial charge in [0, 0.05) is 6.54 Å². The van der Waals surface area contributed by atoms with Gasteiger partial charge in [-0.1, -0.05) is 18.2 Å². The van der Waals surface area contributed by atoms with Crippen LogP contribution in [-0.2, 0) is 11.3 Å². The van der Waals surface area contributed by atoms with Crippen LogP contribution in [0.2, 0.25) is 0 Å². The molecular formula is C18H22N2O4. The van der Waals surface area contributed by atoms with Crippen LogP contribution in [0.15, 0.2) is 42.5 Å². The molecule has 128 valence electrons. The molecule has 0 aliphatic heterocycles. The van der Waals surface area contributed by atoms with Crippen molar-refractivity contribution in [1.29, 1.82) is 0 Å². The molecule has 24 heavy (non-hydrogen) atoms. The minimum absolute atomic E-state index is 0.185. The summed E-state index contributed by atoms with van der Waals surface area (Å²) in [6, 6.07) is 13.3. The van der Waals surface area contributed by atoms with Gasteiger partial charge in [-0.15, -0.1) is 0 Å². The molecule has 0 spiro atoms. The first-order chi connectivity index (χ1) is 11.6. The van der Waals surface area contributed by atoms with Gasteiger partial charge >= 0.3 is 0 Å². The number of benzene rings is 2. The van der Waals surface area contributed by atoms with E-state index in [1.54, 1.807) is 14.2 Å². The molecule has 6 nitrogen and oxygen atoms in total. The lowest BCUT2D eigenvalue weighted by Gasteiger charge is -2.14. The maximum atomic E-state index is 10.8. The number of methoxy groups -OCH3 is 2. The molecule has 0 aliphatic carbocycles. The van der Waals surface area contributed by atoms with E-state index in [1.807, 2.05) is 42.5 Å². The third-order valence-electron chi connectivity index (χ3n) is 3.42. The van der Waals surface area contributed by atoms with Gasteiger partial charge in [0.2, 0.25) is 5.91 Å². The van der Waals surface area contributed by atoms with Crippen LogP contribution in [0, 0.1) is 0 Å². The van der Waals surface area contributed by atoms with Crippen molar-refractivity contribution in [2.45, 2.75) is 13.0 Å². The molecule has 0 heterocycles. The van der Waals surface area contributed by atoms with Gasteiger partial charge in [0.15, 0.2) is 11.5 Å². The van der Waals surface area contributed by atoms with E-state index in [-0.39, 0.29) is 18.9 Å². The Labute approximate surface area is 141 Å². The van der Waals surface area contributed by atoms with E-state index in [2.05, 4.69) is 5.32 Å². The summed E-state index contributed by atoms with van der Waals surface area (Å²) >= 11 is 0. The summed E-state index contributed by atoms with van der Waals surface area (Å²) in [5.41, 5.74) is 7.01. The van der Waals surface area contributed by atoms with Gasteiger partial charge in [0.25, 0.3) is 0 Å². The molecule has 0 saturated carbocycles. The zero-order valence-corrected chi connectivity index (χ0v) is 13.9. The summed E-state index contributed by atoms with van der Waals surface area (Å²) in [5, 5.41) is 3.32. The number of carbonyl (C=O) groups excluding carboxylic acids is 1. The molecule has 2 aromatic carbocycles. The minimum Gasteiger partial charge on any atom is -0.493 e. The number of hydrogen-bond donors (Lipinski definition) is 2. The molecule has 0 bridgehead atoms. The number of rotatable bonds is 9. The monoisotopic (exact) mass is 330 g/mol. The zero-order valence-electron chi connectivity index (χ0n) is 13.9. The van der Waals surface area contributed by atoms with Crippen molar-refractivity contribution in [2.24, 2.45) is 5.73 Å². The first-order valence-corrected chi connectivity index (χ1v) is 7.59. The van der Waals surface area contributed by atoms with Crippen molar-refractivity contribution in [2.75, 3.05) is 26.1 Å². The largest absolute Gasteiger partial charge is 0.493 e. The Morgan fingerprint density at radius 1 is 1.04 bits per heavy atom. The molecule has 6 heteroatoms. The highest BCUT2D eigenvalue weighted by atomic mass is 16.5. The molecule has 0 unspecified atom stereocenters. The van der Waals surface area contributed by atoms with E-state index >= 15 is 0 Å². The Balaban J connectivity index is 2.02. The molecule has 0 fully saturated rings. The van der Waals surface area contributed by atoms with Crippen molar-refractivity contribution in [1.82, 2.24) is 0 Å². The van der Waals surface area contributed by atoms with Crippen molar-refractivity contribution in [3.8, 4) is 17.2 Å². The van der Waals surface area contributed by atoms with Crippen LogP contribution < -0.4 is 25.3 Å². The second kappa shape index (κ2) is 8.67. The molecule has 3 N–H and O–H groups in total. The Kier molecular flexibility index (Phi) is 6.31. The van der Waals surface area contributed by atoms with Crippen LogP contribution in [0.4, 0.5) is 5.69 Å². The van der Waals surface area contributed by atoms with Gasteiger partial charge in [-0.25, -0.2) is 0 Å². The molecule has 0 aromatic heterocycles. The molecular weight excluding hydrogens is 308 g/mol. The molecule has 0 radical (unpaired) electrons. The quantitative estimate of drug-likeness (QED) is 0.738. The topological polar surface area (TPSA) is 82.8 Å². The van der Waals surface area contributed by atoms with Crippen LogP contribution in [-0.4, -0.2) is 26.7 Å². The van der Waals surface area contributed by atoms with Crippen LogP contribution in [0.3, 0.4) is 0 Å². The predicted molar refractivity (Wildman–Crippen MR) is 92.6 cm³/mol. The normalized spacial score (nSPS) is 10.1. The zero-order chi connectivity index (χ0) is 17.4. The summed E-state index contributed by atoms with van der Waals surface area (Å²) in [6.07, 6.45) is 0.185. The smallest absolute Gasteiger partial charge is 0.220 e. The number of primary amides is 1. The lowest BCUT2D eigenvalue weighted by atomic mass is 10.2. The first-order valence-electron chi connectivity index (χ1n) is 7.59. The van der Waals surface area contributed by atoms with Gasteiger partial charge < -0.3 is 25.3 Å². The predicted octanol–water partition coefficient (Wildman–Crippen LogP) is 2.57. The van der Waals surface area contributed by atoms with Gasteiger partial charge in [0.1, 0.15) is 5.75 Å². The highest BCUT2D eigenvalue weighted by Crippen LogP contribution is 2.29. The molecule has 2 aromatic rings. The fourth-order valence-corrected chi connectivity index (χ4v) is 2.19. The summed E-state index contributed by atoms with van der Waals surface area (Å²) in [7, 11) is 3.21. The third-order valence-corrected chi connectivity index (χ3v) is 3.42. The third kappa shape index (κ3) is 4.81. The Bertz CT molecular complexity index is 688. The first kappa shape index (κ1) is 17.5. The number of nitrogens with one attached hydrogen (secondary N) is 1. The molecule has 1 amide bonds. The standard InChI is InChI=1S/C18H22N2O4/c1-22-16-8-7-13(11-17(16)23-2)12-20-14-5-3-4-6-15(14)24-10-9-18(19)21/h3-8,11,20H,9-10,12H2,1-2H3,(H2,19,21). The van der Waals surface area contributed by atoms with Crippen molar-refractivity contribution in [3.63, 3.8) is 0 Å². The number of anilines is 1. The summed E-state index contributed by atoms with van der Waals surface area (Å²) in [5.74, 6) is 1.67. The lowest BCUT2D eigenvalue weighted by Crippen LogP contribution is -2.15. The van der Waals surface area contributed by atoms with Gasteiger partial charge in [0.05, 0.1) is 32.9 Å². The fraction of sp³-hybridized carbons (Fsp3) is 0.278.